The lowest BCUT2D eigenvalue weighted by atomic mass is 10.1. The molecule has 1 fully saturated rings. The third-order valence-electron chi connectivity index (χ3n) is 4.55. The zero-order chi connectivity index (χ0) is 21.1. The largest absolute Gasteiger partial charge is 0.447 e. The van der Waals surface area contributed by atoms with Gasteiger partial charge in [-0.3, -0.25) is 9.69 Å². The van der Waals surface area contributed by atoms with E-state index in [2.05, 4.69) is 0 Å². The van der Waals surface area contributed by atoms with E-state index in [4.69, 9.17) is 21.4 Å². The molecule has 2 rings (SSSR count). The molecule has 29 heavy (non-hydrogen) atoms. The molecule has 8 heteroatoms. The van der Waals surface area contributed by atoms with E-state index < -0.39 is 6.10 Å². The average molecular weight is 442 g/mol. The third kappa shape index (κ3) is 8.78. The van der Waals surface area contributed by atoms with Crippen LogP contribution in [0.15, 0.2) is 36.4 Å². The van der Waals surface area contributed by atoms with Crippen molar-refractivity contribution in [2.45, 2.75) is 37.8 Å². The van der Waals surface area contributed by atoms with E-state index in [0.717, 1.165) is 29.9 Å². The first kappa shape index (κ1) is 23.7. The predicted molar refractivity (Wildman–Crippen MR) is 115 cm³/mol. The van der Waals surface area contributed by atoms with E-state index in [1.54, 1.807) is 28.8 Å². The van der Waals surface area contributed by atoms with Gasteiger partial charge in [-0.1, -0.05) is 35.9 Å². The quantitative estimate of drug-likeness (QED) is 0.361. The summed E-state index contributed by atoms with van der Waals surface area (Å²) in [6, 6.07) is 7.19. The standard InChI is InChI=1S/C21H28ClNO5S/c22-17-5-3-4-16(12-17)13-19(25)8-7-18-15-28-21(27)23(18)9-11-29-10-2-1-6-20(26)14-24/h3-5,7-8,12,18-19,24-25H,1-2,6,9-11,13-15H2/b8-7+/t18?,19-/m1/s1. The van der Waals surface area contributed by atoms with Crippen LogP contribution in [0.5, 0.6) is 0 Å². The van der Waals surface area contributed by atoms with Crippen LogP contribution in [0.3, 0.4) is 0 Å². The number of aliphatic hydroxyl groups is 2. The number of rotatable bonds is 13. The number of carbonyl (C=O) groups excluding carboxylic acids is 2. The van der Waals surface area contributed by atoms with Gasteiger partial charge >= 0.3 is 6.09 Å². The van der Waals surface area contributed by atoms with Crippen molar-refractivity contribution in [1.82, 2.24) is 4.90 Å². The van der Waals surface area contributed by atoms with E-state index in [9.17, 15) is 14.7 Å². The molecule has 2 N–H and O–H groups in total. The summed E-state index contributed by atoms with van der Waals surface area (Å²) in [5.41, 5.74) is 0.947. The normalized spacial score (nSPS) is 17.7. The Morgan fingerprint density at radius 1 is 1.38 bits per heavy atom. The number of halogens is 1. The van der Waals surface area contributed by atoms with Crippen molar-refractivity contribution in [3.63, 3.8) is 0 Å². The molecule has 1 amide bonds. The number of benzene rings is 1. The van der Waals surface area contributed by atoms with Crippen LogP contribution in [-0.2, 0) is 16.0 Å². The topological polar surface area (TPSA) is 87.1 Å². The fraction of sp³-hybridized carbons (Fsp3) is 0.524. The van der Waals surface area contributed by atoms with E-state index in [1.807, 2.05) is 24.3 Å². The SMILES string of the molecule is O=C(CO)CCCCSCCN1C(=O)OCC1/C=C/[C@@H](O)Cc1cccc(Cl)c1. The molecule has 1 heterocycles. The Labute approximate surface area is 180 Å². The molecular formula is C21H28ClNO5S. The number of amides is 1. The van der Waals surface area contributed by atoms with Crippen LogP contribution in [0, 0.1) is 0 Å². The van der Waals surface area contributed by atoms with Gasteiger partial charge in [0, 0.05) is 30.2 Å². The molecule has 1 aliphatic heterocycles. The van der Waals surface area contributed by atoms with Crippen LogP contribution in [-0.4, -0.2) is 70.4 Å². The van der Waals surface area contributed by atoms with E-state index >= 15 is 0 Å². The van der Waals surface area contributed by atoms with Crippen LogP contribution in [0.1, 0.15) is 24.8 Å². The third-order valence-corrected chi connectivity index (χ3v) is 5.83. The van der Waals surface area contributed by atoms with E-state index in [1.165, 1.54) is 0 Å². The molecule has 1 aliphatic rings. The lowest BCUT2D eigenvalue weighted by Gasteiger charge is -2.19. The number of ether oxygens (including phenoxy) is 1. The van der Waals surface area contributed by atoms with Crippen molar-refractivity contribution < 1.29 is 24.5 Å². The number of hydrogen-bond donors (Lipinski definition) is 2. The van der Waals surface area contributed by atoms with Crippen molar-refractivity contribution >= 4 is 35.2 Å². The summed E-state index contributed by atoms with van der Waals surface area (Å²) < 4.78 is 5.14. The van der Waals surface area contributed by atoms with Gasteiger partial charge in [-0.2, -0.15) is 11.8 Å². The van der Waals surface area contributed by atoms with E-state index in [0.29, 0.717) is 24.4 Å². The molecule has 2 atom stereocenters. The van der Waals surface area contributed by atoms with Gasteiger partial charge in [-0.15, -0.1) is 0 Å². The minimum Gasteiger partial charge on any atom is -0.447 e. The van der Waals surface area contributed by atoms with Crippen LogP contribution in [0.4, 0.5) is 4.79 Å². The second kappa shape index (κ2) is 12.9. The summed E-state index contributed by atoms with van der Waals surface area (Å²) in [5.74, 6) is 1.56. The highest BCUT2D eigenvalue weighted by atomic mass is 35.5. The minimum absolute atomic E-state index is 0.123. The lowest BCUT2D eigenvalue weighted by Crippen LogP contribution is -2.34. The highest BCUT2D eigenvalue weighted by Crippen LogP contribution is 2.17. The molecule has 0 aliphatic carbocycles. The fourth-order valence-electron chi connectivity index (χ4n) is 2.98. The maximum absolute atomic E-state index is 12.0. The van der Waals surface area contributed by atoms with Gasteiger partial charge in [-0.05, 0) is 36.3 Å². The van der Waals surface area contributed by atoms with Gasteiger partial charge in [0.2, 0.25) is 0 Å². The number of carbonyl (C=O) groups is 2. The van der Waals surface area contributed by atoms with Gasteiger partial charge in [0.25, 0.3) is 0 Å². The maximum atomic E-state index is 12.0. The van der Waals surface area contributed by atoms with Crippen molar-refractivity contribution in [2.24, 2.45) is 0 Å². The molecule has 160 valence electrons. The summed E-state index contributed by atoms with van der Waals surface area (Å²) in [6.45, 7) is 0.471. The Balaban J connectivity index is 1.70. The van der Waals surface area contributed by atoms with Crippen molar-refractivity contribution in [3.05, 3.63) is 47.0 Å². The van der Waals surface area contributed by atoms with Crippen LogP contribution < -0.4 is 0 Å². The molecule has 6 nitrogen and oxygen atoms in total. The van der Waals surface area contributed by atoms with Gasteiger partial charge in [0.15, 0.2) is 5.78 Å². The minimum atomic E-state index is -0.665. The number of aliphatic hydroxyl groups excluding tert-OH is 2. The number of nitrogens with zero attached hydrogens (tertiary/aromatic N) is 1. The number of ketones is 1. The number of Topliss-reactive ketones (excluding diaryl/α,β-unsaturated/α-hetero) is 1. The highest BCUT2D eigenvalue weighted by molar-refractivity contribution is 7.99. The molecule has 1 aromatic carbocycles. The zero-order valence-corrected chi connectivity index (χ0v) is 17.9. The fourth-order valence-corrected chi connectivity index (χ4v) is 4.13. The second-order valence-electron chi connectivity index (χ2n) is 6.89. The first-order chi connectivity index (χ1) is 14.0. The lowest BCUT2D eigenvalue weighted by molar-refractivity contribution is -0.121. The molecule has 1 aromatic rings. The average Bonchev–Trinajstić information content (AvgIpc) is 3.05. The summed E-state index contributed by atoms with van der Waals surface area (Å²) in [6.07, 6.45) is 5.07. The summed E-state index contributed by atoms with van der Waals surface area (Å²) in [7, 11) is 0. The van der Waals surface area contributed by atoms with Crippen LogP contribution in [0.25, 0.3) is 0 Å². The molecule has 0 saturated carbocycles. The van der Waals surface area contributed by atoms with Crippen molar-refractivity contribution in [1.29, 1.82) is 0 Å². The Morgan fingerprint density at radius 3 is 2.97 bits per heavy atom. The van der Waals surface area contributed by atoms with Gasteiger partial charge in [0.1, 0.15) is 13.2 Å². The van der Waals surface area contributed by atoms with E-state index in [-0.39, 0.29) is 31.1 Å². The van der Waals surface area contributed by atoms with Crippen LogP contribution in [0.2, 0.25) is 5.02 Å². The van der Waals surface area contributed by atoms with Gasteiger partial charge < -0.3 is 14.9 Å². The molecule has 1 saturated heterocycles. The zero-order valence-electron chi connectivity index (χ0n) is 16.3. The molecular weight excluding hydrogens is 414 g/mol. The molecule has 1 unspecified atom stereocenters. The van der Waals surface area contributed by atoms with Gasteiger partial charge in [-0.25, -0.2) is 4.79 Å². The number of cyclic esters (lactones) is 1. The first-order valence-electron chi connectivity index (χ1n) is 9.74. The molecule has 0 radical (unpaired) electrons. The summed E-state index contributed by atoms with van der Waals surface area (Å²) >= 11 is 7.69. The monoisotopic (exact) mass is 441 g/mol. The van der Waals surface area contributed by atoms with Crippen LogP contribution >= 0.6 is 23.4 Å². The van der Waals surface area contributed by atoms with Crippen molar-refractivity contribution in [3.8, 4) is 0 Å². The Morgan fingerprint density at radius 2 is 2.21 bits per heavy atom. The number of hydrogen-bond acceptors (Lipinski definition) is 6. The maximum Gasteiger partial charge on any atom is 0.410 e. The summed E-state index contributed by atoms with van der Waals surface area (Å²) in [5, 5.41) is 19.6. The Hall–Kier alpha value is -1.54. The summed E-state index contributed by atoms with van der Waals surface area (Å²) in [4.78, 5) is 24.7. The van der Waals surface area contributed by atoms with Crippen molar-refractivity contribution in [2.75, 3.05) is 31.3 Å². The number of thioether (sulfide) groups is 1. The molecule has 0 aromatic heterocycles. The number of unbranched alkanes of at least 4 members (excludes halogenated alkanes) is 1. The first-order valence-corrected chi connectivity index (χ1v) is 11.3. The Kier molecular flexibility index (Phi) is 10.6. The smallest absolute Gasteiger partial charge is 0.410 e. The van der Waals surface area contributed by atoms with Gasteiger partial charge in [0.05, 0.1) is 12.1 Å². The highest BCUT2D eigenvalue weighted by Gasteiger charge is 2.30. The molecule has 0 spiro atoms. The predicted octanol–water partition coefficient (Wildman–Crippen LogP) is 3.09. The molecule has 0 bridgehead atoms. The Bertz CT molecular complexity index is 699. The second-order valence-corrected chi connectivity index (χ2v) is 8.55.